The van der Waals surface area contributed by atoms with E-state index in [4.69, 9.17) is 4.42 Å². The first kappa shape index (κ1) is 15.8. The van der Waals surface area contributed by atoms with E-state index in [0.29, 0.717) is 11.0 Å². The highest BCUT2D eigenvalue weighted by Crippen LogP contribution is 2.13. The van der Waals surface area contributed by atoms with E-state index >= 15 is 0 Å². The number of para-hydroxylation sites is 1. The maximum Gasteiger partial charge on any atom is 0.349 e. The number of hydrogen-bond donors (Lipinski definition) is 1. The zero-order chi connectivity index (χ0) is 16.3. The van der Waals surface area contributed by atoms with E-state index in [1.807, 2.05) is 13.8 Å². The summed E-state index contributed by atoms with van der Waals surface area (Å²) in [4.78, 5) is 37.1. The Labute approximate surface area is 127 Å². The molecule has 6 heteroatoms. The number of likely N-dealkylation sites (N-methyl/N-ethyl adjacent to an activating group) is 1. The van der Waals surface area contributed by atoms with Gasteiger partial charge in [0.2, 0.25) is 5.91 Å². The third-order valence-corrected chi connectivity index (χ3v) is 3.05. The Morgan fingerprint density at radius 1 is 1.27 bits per heavy atom. The number of fused-ring (bicyclic) bond motifs is 1. The van der Waals surface area contributed by atoms with Crippen LogP contribution in [-0.2, 0) is 4.79 Å². The average Bonchev–Trinajstić information content (AvgIpc) is 2.44. The van der Waals surface area contributed by atoms with Gasteiger partial charge in [0.1, 0.15) is 11.1 Å². The lowest BCUT2D eigenvalue weighted by Gasteiger charge is -2.17. The van der Waals surface area contributed by atoms with Crippen molar-refractivity contribution in [3.8, 4) is 0 Å². The van der Waals surface area contributed by atoms with Crippen LogP contribution in [0.15, 0.2) is 39.5 Å². The summed E-state index contributed by atoms with van der Waals surface area (Å²) in [6.07, 6.45) is 0. The van der Waals surface area contributed by atoms with Crippen LogP contribution in [0, 0.1) is 0 Å². The Balaban J connectivity index is 2.23. The molecule has 2 aromatic rings. The van der Waals surface area contributed by atoms with Gasteiger partial charge in [-0.25, -0.2) is 4.79 Å². The lowest BCUT2D eigenvalue weighted by molar-refractivity contribution is -0.122. The SMILES string of the molecule is CC(C)NC(=O)CN(C)C(=O)c1cc2ccccc2oc1=O. The maximum atomic E-state index is 12.3. The van der Waals surface area contributed by atoms with E-state index in [0.717, 1.165) is 0 Å². The van der Waals surface area contributed by atoms with Crippen molar-refractivity contribution in [1.29, 1.82) is 0 Å². The highest BCUT2D eigenvalue weighted by atomic mass is 16.4. The molecule has 1 N–H and O–H groups in total. The Hall–Kier alpha value is -2.63. The quantitative estimate of drug-likeness (QED) is 0.866. The minimum Gasteiger partial charge on any atom is -0.422 e. The largest absolute Gasteiger partial charge is 0.422 e. The molecule has 2 amide bonds. The van der Waals surface area contributed by atoms with Gasteiger partial charge in [0.25, 0.3) is 5.91 Å². The summed E-state index contributed by atoms with van der Waals surface area (Å²) >= 11 is 0. The molecule has 22 heavy (non-hydrogen) atoms. The fourth-order valence-electron chi connectivity index (χ4n) is 2.07. The standard InChI is InChI=1S/C16H18N2O4/c1-10(2)17-14(19)9-18(3)15(20)12-8-11-6-4-5-7-13(11)22-16(12)21/h4-8,10H,9H2,1-3H3,(H,17,19). The van der Waals surface area contributed by atoms with Crippen molar-refractivity contribution in [2.45, 2.75) is 19.9 Å². The molecule has 0 aliphatic carbocycles. The Bertz CT molecular complexity index is 764. The number of hydrogen-bond acceptors (Lipinski definition) is 4. The maximum absolute atomic E-state index is 12.3. The van der Waals surface area contributed by atoms with Crippen LogP contribution >= 0.6 is 0 Å². The summed E-state index contributed by atoms with van der Waals surface area (Å²) in [5.74, 6) is -0.825. The molecule has 116 valence electrons. The first-order chi connectivity index (χ1) is 10.4. The van der Waals surface area contributed by atoms with Crippen LogP contribution in [0.4, 0.5) is 0 Å². The van der Waals surface area contributed by atoms with Crippen molar-refractivity contribution < 1.29 is 14.0 Å². The molecule has 0 radical (unpaired) electrons. The molecule has 0 aliphatic heterocycles. The van der Waals surface area contributed by atoms with Crippen molar-refractivity contribution in [1.82, 2.24) is 10.2 Å². The Morgan fingerprint density at radius 2 is 1.95 bits per heavy atom. The molecule has 0 unspecified atom stereocenters. The summed E-state index contributed by atoms with van der Waals surface area (Å²) in [5.41, 5.74) is -0.373. The smallest absolute Gasteiger partial charge is 0.349 e. The molecule has 1 aromatic carbocycles. The van der Waals surface area contributed by atoms with Crippen molar-refractivity contribution in [3.63, 3.8) is 0 Å². The zero-order valence-corrected chi connectivity index (χ0v) is 12.8. The Morgan fingerprint density at radius 3 is 2.64 bits per heavy atom. The molecule has 0 fully saturated rings. The number of amides is 2. The van der Waals surface area contributed by atoms with Gasteiger partial charge in [0.05, 0.1) is 6.54 Å². The number of carbonyl (C=O) groups excluding carboxylic acids is 2. The van der Waals surface area contributed by atoms with E-state index in [-0.39, 0.29) is 24.1 Å². The summed E-state index contributed by atoms with van der Waals surface area (Å²) < 4.78 is 5.13. The van der Waals surface area contributed by atoms with Gasteiger partial charge in [-0.2, -0.15) is 0 Å². The summed E-state index contributed by atoms with van der Waals surface area (Å²) in [6, 6.07) is 8.42. The molecule has 2 rings (SSSR count). The van der Waals surface area contributed by atoms with E-state index in [1.54, 1.807) is 24.3 Å². The van der Waals surface area contributed by atoms with Gasteiger partial charge in [-0.05, 0) is 26.0 Å². The van der Waals surface area contributed by atoms with Gasteiger partial charge in [0.15, 0.2) is 0 Å². The van der Waals surface area contributed by atoms with Crippen LogP contribution in [0.1, 0.15) is 24.2 Å². The summed E-state index contributed by atoms with van der Waals surface area (Å²) in [5, 5.41) is 3.35. The molecule has 0 bridgehead atoms. The highest BCUT2D eigenvalue weighted by molar-refractivity contribution is 5.98. The van der Waals surface area contributed by atoms with E-state index in [2.05, 4.69) is 5.32 Å². The second-order valence-corrected chi connectivity index (χ2v) is 5.37. The number of nitrogens with zero attached hydrogens (tertiary/aromatic N) is 1. The number of rotatable bonds is 4. The average molecular weight is 302 g/mol. The zero-order valence-electron chi connectivity index (χ0n) is 12.8. The third-order valence-electron chi connectivity index (χ3n) is 3.05. The molecular weight excluding hydrogens is 284 g/mol. The number of carbonyl (C=O) groups is 2. The van der Waals surface area contributed by atoms with Crippen molar-refractivity contribution in [2.75, 3.05) is 13.6 Å². The molecule has 0 saturated carbocycles. The third kappa shape index (κ3) is 3.52. The van der Waals surface area contributed by atoms with E-state index in [1.165, 1.54) is 18.0 Å². The van der Waals surface area contributed by atoms with Gasteiger partial charge in [-0.3, -0.25) is 9.59 Å². The van der Waals surface area contributed by atoms with E-state index < -0.39 is 11.5 Å². The molecule has 1 heterocycles. The summed E-state index contributed by atoms with van der Waals surface area (Å²) in [7, 11) is 1.47. The fraction of sp³-hybridized carbons (Fsp3) is 0.312. The minimum atomic E-state index is -0.709. The topological polar surface area (TPSA) is 79.6 Å². The van der Waals surface area contributed by atoms with Crippen LogP contribution in [0.2, 0.25) is 0 Å². The minimum absolute atomic E-state index is 0.0123. The van der Waals surface area contributed by atoms with Crippen LogP contribution in [0.25, 0.3) is 11.0 Å². The van der Waals surface area contributed by atoms with Gasteiger partial charge in [0, 0.05) is 18.5 Å². The predicted octanol–water partition coefficient (Wildman–Crippen LogP) is 1.39. The van der Waals surface area contributed by atoms with Crippen LogP contribution in [0.5, 0.6) is 0 Å². The number of benzene rings is 1. The van der Waals surface area contributed by atoms with Gasteiger partial charge in [-0.1, -0.05) is 18.2 Å². The molecule has 0 atom stereocenters. The van der Waals surface area contributed by atoms with Gasteiger partial charge >= 0.3 is 5.63 Å². The molecule has 0 spiro atoms. The molecule has 6 nitrogen and oxygen atoms in total. The van der Waals surface area contributed by atoms with Crippen LogP contribution in [0.3, 0.4) is 0 Å². The van der Waals surface area contributed by atoms with Crippen LogP contribution < -0.4 is 10.9 Å². The normalized spacial score (nSPS) is 10.7. The molecular formula is C16H18N2O4. The van der Waals surface area contributed by atoms with Crippen molar-refractivity contribution >= 4 is 22.8 Å². The highest BCUT2D eigenvalue weighted by Gasteiger charge is 2.19. The fourth-order valence-corrected chi connectivity index (χ4v) is 2.07. The second-order valence-electron chi connectivity index (χ2n) is 5.37. The second kappa shape index (κ2) is 6.43. The van der Waals surface area contributed by atoms with Crippen molar-refractivity contribution in [3.05, 3.63) is 46.3 Å². The molecule has 1 aromatic heterocycles. The van der Waals surface area contributed by atoms with E-state index in [9.17, 15) is 14.4 Å². The van der Waals surface area contributed by atoms with Crippen LogP contribution in [-0.4, -0.2) is 36.3 Å². The first-order valence-corrected chi connectivity index (χ1v) is 6.96. The first-order valence-electron chi connectivity index (χ1n) is 6.96. The monoisotopic (exact) mass is 302 g/mol. The molecule has 0 saturated heterocycles. The lowest BCUT2D eigenvalue weighted by atomic mass is 10.1. The Kier molecular flexibility index (Phi) is 4.60. The van der Waals surface area contributed by atoms with Gasteiger partial charge in [-0.15, -0.1) is 0 Å². The van der Waals surface area contributed by atoms with Gasteiger partial charge < -0.3 is 14.6 Å². The van der Waals surface area contributed by atoms with Crippen molar-refractivity contribution in [2.24, 2.45) is 0 Å². The lowest BCUT2D eigenvalue weighted by Crippen LogP contribution is -2.41. The predicted molar refractivity (Wildman–Crippen MR) is 82.7 cm³/mol. The molecule has 0 aliphatic rings. The number of nitrogens with one attached hydrogen (secondary N) is 1. The summed E-state index contributed by atoms with van der Waals surface area (Å²) in [6.45, 7) is 3.54.